The van der Waals surface area contributed by atoms with Gasteiger partial charge in [-0.15, -0.1) is 13.2 Å². The zero-order valence-corrected chi connectivity index (χ0v) is 25.8. The van der Waals surface area contributed by atoms with Gasteiger partial charge in [-0.25, -0.2) is 0 Å². The van der Waals surface area contributed by atoms with Gasteiger partial charge in [0.2, 0.25) is 17.7 Å². The number of amides is 3. The average molecular weight is 580 g/mol. The highest BCUT2D eigenvalue weighted by Crippen LogP contribution is 2.65. The molecule has 3 aliphatic heterocycles. The van der Waals surface area contributed by atoms with Gasteiger partial charge in [0.15, 0.2) is 0 Å². The van der Waals surface area contributed by atoms with Gasteiger partial charge < -0.3 is 24.5 Å². The molecule has 3 unspecified atom stereocenters. The SMILES string of the molecule is C=CCN(Cc1ccccc1)C(=O)[C@@H]1[C@H]2C(=O)N([C@@H](CC)CO)C(C(=O)N(CC=C)C(C)CCC)C23CC[C@@]1(CC)O3. The summed E-state index contributed by atoms with van der Waals surface area (Å²) in [5, 5.41) is 10.4. The Morgan fingerprint density at radius 3 is 2.38 bits per heavy atom. The molecule has 230 valence electrons. The van der Waals surface area contributed by atoms with Crippen LogP contribution in [0.2, 0.25) is 0 Å². The molecule has 1 aromatic rings. The third-order valence-electron chi connectivity index (χ3n) is 9.92. The number of ether oxygens (including phenoxy) is 1. The molecule has 3 saturated heterocycles. The second kappa shape index (κ2) is 13.1. The normalized spacial score (nSPS) is 29.2. The molecule has 42 heavy (non-hydrogen) atoms. The summed E-state index contributed by atoms with van der Waals surface area (Å²) in [5.74, 6) is -2.13. The molecule has 7 atom stereocenters. The summed E-state index contributed by atoms with van der Waals surface area (Å²) in [6.07, 6.45) is 7.29. The minimum atomic E-state index is -1.13. The number of fused-ring (bicyclic) bond motifs is 1. The monoisotopic (exact) mass is 579 g/mol. The third kappa shape index (κ3) is 5.21. The second-order valence-electron chi connectivity index (χ2n) is 12.2. The predicted octanol–water partition coefficient (Wildman–Crippen LogP) is 4.33. The van der Waals surface area contributed by atoms with E-state index in [9.17, 15) is 19.5 Å². The van der Waals surface area contributed by atoms with Crippen molar-refractivity contribution in [2.24, 2.45) is 11.8 Å². The van der Waals surface area contributed by atoms with Crippen molar-refractivity contribution < 1.29 is 24.2 Å². The topological polar surface area (TPSA) is 90.4 Å². The number of carbonyl (C=O) groups is 3. The molecule has 0 radical (unpaired) electrons. The first-order chi connectivity index (χ1) is 20.2. The van der Waals surface area contributed by atoms with Crippen molar-refractivity contribution in [2.75, 3.05) is 19.7 Å². The number of nitrogens with zero attached hydrogens (tertiary/aromatic N) is 3. The summed E-state index contributed by atoms with van der Waals surface area (Å²) in [4.78, 5) is 48.9. The van der Waals surface area contributed by atoms with Crippen LogP contribution in [-0.2, 0) is 25.7 Å². The van der Waals surface area contributed by atoms with E-state index in [-0.39, 0.29) is 30.4 Å². The van der Waals surface area contributed by atoms with Gasteiger partial charge in [-0.1, -0.05) is 69.7 Å². The smallest absolute Gasteiger partial charge is 0.248 e. The maximum absolute atomic E-state index is 14.6. The van der Waals surface area contributed by atoms with Crippen LogP contribution in [0, 0.1) is 11.8 Å². The lowest BCUT2D eigenvalue weighted by molar-refractivity contribution is -0.159. The van der Waals surface area contributed by atoms with Gasteiger partial charge in [-0.2, -0.15) is 0 Å². The van der Waals surface area contributed by atoms with Gasteiger partial charge in [0.25, 0.3) is 0 Å². The lowest BCUT2D eigenvalue weighted by Crippen LogP contribution is -2.60. The fraction of sp³-hybridized carbons (Fsp3) is 0.618. The molecule has 8 heteroatoms. The van der Waals surface area contributed by atoms with Crippen molar-refractivity contribution in [3.63, 3.8) is 0 Å². The Bertz CT molecular complexity index is 1150. The molecule has 0 aliphatic carbocycles. The average Bonchev–Trinajstić information content (AvgIpc) is 3.60. The van der Waals surface area contributed by atoms with Gasteiger partial charge in [0.1, 0.15) is 11.6 Å². The fourth-order valence-electron chi connectivity index (χ4n) is 7.86. The van der Waals surface area contributed by atoms with E-state index in [2.05, 4.69) is 20.1 Å². The van der Waals surface area contributed by atoms with Crippen LogP contribution in [0.4, 0.5) is 0 Å². The summed E-state index contributed by atoms with van der Waals surface area (Å²) >= 11 is 0. The van der Waals surface area contributed by atoms with Gasteiger partial charge in [0, 0.05) is 25.7 Å². The minimum Gasteiger partial charge on any atom is -0.394 e. The molecule has 3 heterocycles. The Labute approximate surface area is 251 Å². The first kappa shape index (κ1) is 32.0. The number of rotatable bonds is 15. The Morgan fingerprint density at radius 1 is 1.12 bits per heavy atom. The molecule has 3 amide bonds. The minimum absolute atomic E-state index is 0.0628. The molecular formula is C34H49N3O5. The molecule has 1 N–H and O–H groups in total. The van der Waals surface area contributed by atoms with Crippen LogP contribution in [-0.4, -0.2) is 86.6 Å². The third-order valence-corrected chi connectivity index (χ3v) is 9.92. The zero-order chi connectivity index (χ0) is 30.7. The number of benzene rings is 1. The van der Waals surface area contributed by atoms with E-state index in [1.807, 2.05) is 51.1 Å². The standard InChI is InChI=1S/C34H49N3O5/c1-7-15-24(6)36(21-9-3)32(41)29-34-19-18-33(11-5,42-34)27(28(34)31(40)37(29)26(10-4)23-38)30(39)35(20-8-2)22-25-16-13-12-14-17-25/h8-9,12-14,16-17,24,26-29,38H,2-3,7,10-11,15,18-23H2,1,4-6H3/t24?,26-,27-,28-,29?,33+,34?/m0/s1. The lowest BCUT2D eigenvalue weighted by Gasteiger charge is -2.41. The van der Waals surface area contributed by atoms with Crippen molar-refractivity contribution in [1.29, 1.82) is 0 Å². The molecule has 2 bridgehead atoms. The number of aliphatic hydroxyl groups excluding tert-OH is 1. The number of aliphatic hydroxyl groups is 1. The van der Waals surface area contributed by atoms with Crippen molar-refractivity contribution in [1.82, 2.24) is 14.7 Å². The first-order valence-corrected chi connectivity index (χ1v) is 15.7. The van der Waals surface area contributed by atoms with Gasteiger partial charge in [-0.05, 0) is 44.6 Å². The molecular weight excluding hydrogens is 530 g/mol. The predicted molar refractivity (Wildman–Crippen MR) is 163 cm³/mol. The van der Waals surface area contributed by atoms with Crippen molar-refractivity contribution in [2.45, 2.75) is 102 Å². The molecule has 3 fully saturated rings. The Balaban J connectivity index is 1.82. The largest absolute Gasteiger partial charge is 0.394 e. The molecule has 4 rings (SSSR count). The molecule has 8 nitrogen and oxygen atoms in total. The molecule has 0 saturated carbocycles. The zero-order valence-electron chi connectivity index (χ0n) is 25.8. The number of likely N-dealkylation sites (tertiary alicyclic amines) is 1. The van der Waals surface area contributed by atoms with Crippen LogP contribution < -0.4 is 0 Å². The van der Waals surface area contributed by atoms with Crippen LogP contribution in [0.15, 0.2) is 55.6 Å². The van der Waals surface area contributed by atoms with E-state index in [0.29, 0.717) is 45.3 Å². The number of carbonyl (C=O) groups excluding carboxylic acids is 3. The first-order valence-electron chi connectivity index (χ1n) is 15.7. The maximum atomic E-state index is 14.6. The molecule has 1 aromatic carbocycles. The van der Waals surface area contributed by atoms with Crippen LogP contribution in [0.1, 0.15) is 71.8 Å². The van der Waals surface area contributed by atoms with E-state index in [1.54, 1.807) is 26.9 Å². The van der Waals surface area contributed by atoms with E-state index in [0.717, 1.165) is 18.4 Å². The summed E-state index contributed by atoms with van der Waals surface area (Å²) in [5.41, 5.74) is -0.983. The van der Waals surface area contributed by atoms with Crippen LogP contribution in [0.3, 0.4) is 0 Å². The van der Waals surface area contributed by atoms with Crippen molar-refractivity contribution in [3.05, 3.63) is 61.2 Å². The van der Waals surface area contributed by atoms with Gasteiger partial charge >= 0.3 is 0 Å². The highest BCUT2D eigenvalue weighted by atomic mass is 16.5. The Hall–Kier alpha value is -2.97. The van der Waals surface area contributed by atoms with Crippen LogP contribution >= 0.6 is 0 Å². The highest BCUT2D eigenvalue weighted by Gasteiger charge is 2.79. The van der Waals surface area contributed by atoms with Gasteiger partial charge in [0.05, 0.1) is 30.1 Å². The number of hydrogen-bond acceptors (Lipinski definition) is 5. The number of hydrogen-bond donors (Lipinski definition) is 1. The lowest BCUT2D eigenvalue weighted by atomic mass is 9.64. The summed E-state index contributed by atoms with van der Waals surface area (Å²) in [6, 6.07) is 8.25. The summed E-state index contributed by atoms with van der Waals surface area (Å²) in [6.45, 7) is 16.6. The van der Waals surface area contributed by atoms with E-state index < -0.39 is 35.1 Å². The summed E-state index contributed by atoms with van der Waals surface area (Å²) in [7, 11) is 0. The quantitative estimate of drug-likeness (QED) is 0.313. The fourth-order valence-corrected chi connectivity index (χ4v) is 7.86. The Morgan fingerprint density at radius 2 is 1.81 bits per heavy atom. The Kier molecular flexibility index (Phi) is 9.99. The van der Waals surface area contributed by atoms with E-state index >= 15 is 0 Å². The van der Waals surface area contributed by atoms with Crippen molar-refractivity contribution >= 4 is 17.7 Å². The van der Waals surface area contributed by atoms with E-state index in [1.165, 1.54) is 0 Å². The highest BCUT2D eigenvalue weighted by molar-refractivity contribution is 5.99. The van der Waals surface area contributed by atoms with Gasteiger partial charge in [-0.3, -0.25) is 14.4 Å². The second-order valence-corrected chi connectivity index (χ2v) is 12.2. The maximum Gasteiger partial charge on any atom is 0.248 e. The molecule has 0 aromatic heterocycles. The molecule has 1 spiro atoms. The molecule has 3 aliphatic rings. The van der Waals surface area contributed by atoms with E-state index in [4.69, 9.17) is 4.74 Å². The van der Waals surface area contributed by atoms with Crippen LogP contribution in [0.5, 0.6) is 0 Å². The van der Waals surface area contributed by atoms with Crippen molar-refractivity contribution in [3.8, 4) is 0 Å². The summed E-state index contributed by atoms with van der Waals surface area (Å²) < 4.78 is 6.98. The van der Waals surface area contributed by atoms with Crippen LogP contribution in [0.25, 0.3) is 0 Å².